The fourth-order valence-corrected chi connectivity index (χ4v) is 3.54. The van der Waals surface area contributed by atoms with Crippen LogP contribution in [0.1, 0.15) is 25.7 Å². The van der Waals surface area contributed by atoms with Gasteiger partial charge in [0, 0.05) is 18.0 Å². The molecule has 10 heteroatoms. The lowest BCUT2D eigenvalue weighted by molar-refractivity contribution is -0.118. The molecule has 0 aliphatic carbocycles. The van der Waals surface area contributed by atoms with Crippen LogP contribution in [0, 0.1) is 6.92 Å². The number of amides is 1. The summed E-state index contributed by atoms with van der Waals surface area (Å²) in [6.45, 7) is 1.16. The number of carbonyl (C=O) groups excluding carboxylic acids is 3. The molecule has 4 rings (SSSR count). The summed E-state index contributed by atoms with van der Waals surface area (Å²) in [6.07, 6.45) is 3.17. The van der Waals surface area contributed by atoms with E-state index in [1.807, 2.05) is 0 Å². The predicted molar refractivity (Wildman–Crippen MR) is 103 cm³/mol. The number of carbonyl (C=O) groups is 3. The van der Waals surface area contributed by atoms with Crippen molar-refractivity contribution in [2.24, 2.45) is 0 Å². The lowest BCUT2D eigenvalue weighted by Crippen LogP contribution is -2.25. The highest BCUT2D eigenvalue weighted by molar-refractivity contribution is 7.16. The zero-order chi connectivity index (χ0) is 20.4. The van der Waals surface area contributed by atoms with Crippen LogP contribution >= 0.6 is 11.3 Å². The van der Waals surface area contributed by atoms with E-state index in [1.54, 1.807) is 37.5 Å². The van der Waals surface area contributed by atoms with E-state index in [1.165, 1.54) is 6.07 Å². The number of fused-ring (bicyclic) bond motifs is 1. The third kappa shape index (κ3) is 3.97. The minimum atomic E-state index is -0.648. The molecule has 2 aromatic heterocycles. The quantitative estimate of drug-likeness (QED) is 0.502. The highest BCUT2D eigenvalue weighted by atomic mass is 32.1. The molecule has 146 valence electrons. The van der Waals surface area contributed by atoms with Crippen molar-refractivity contribution in [1.82, 2.24) is 15.0 Å². The molecular formula is C19H14N4O5S. The van der Waals surface area contributed by atoms with Crippen LogP contribution in [0.2, 0.25) is 0 Å². The van der Waals surface area contributed by atoms with Crippen LogP contribution in [0.25, 0.3) is 10.8 Å². The van der Waals surface area contributed by atoms with Gasteiger partial charge in [0.2, 0.25) is 0 Å². The molecule has 3 heterocycles. The van der Waals surface area contributed by atoms with Crippen LogP contribution in [-0.4, -0.2) is 45.8 Å². The number of benzene rings is 1. The van der Waals surface area contributed by atoms with Gasteiger partial charge >= 0.3 is 5.97 Å². The number of hydrogen-bond donors (Lipinski definition) is 1. The monoisotopic (exact) mass is 410 g/mol. The normalized spacial score (nSPS) is 12.5. The topological polar surface area (TPSA) is 120 Å². The number of ether oxygens (including phenoxy) is 2. The van der Waals surface area contributed by atoms with Gasteiger partial charge in [0.15, 0.2) is 29.8 Å². The first-order chi connectivity index (χ1) is 14.0. The lowest BCUT2D eigenvalue weighted by atomic mass is 10.1. The van der Waals surface area contributed by atoms with Gasteiger partial charge in [-0.1, -0.05) is 0 Å². The van der Waals surface area contributed by atoms with Crippen LogP contribution in [0.5, 0.6) is 5.75 Å². The van der Waals surface area contributed by atoms with Gasteiger partial charge in [-0.3, -0.25) is 9.59 Å². The molecule has 29 heavy (non-hydrogen) atoms. The van der Waals surface area contributed by atoms with Crippen LogP contribution in [-0.2, 0) is 9.53 Å². The minimum Gasteiger partial charge on any atom is -0.482 e. The summed E-state index contributed by atoms with van der Waals surface area (Å²) in [5, 5.41) is 3.12. The Morgan fingerprint density at radius 3 is 2.86 bits per heavy atom. The number of hydrogen-bond acceptors (Lipinski definition) is 9. The SMILES string of the molecule is Cc1nc(-c2ncccn2)sc1C(=O)OCC(=O)c1ccc2c(c1)NC(=O)CO2. The third-order valence-electron chi connectivity index (χ3n) is 4.01. The van der Waals surface area contributed by atoms with Crippen LogP contribution in [0.15, 0.2) is 36.7 Å². The van der Waals surface area contributed by atoms with Crippen molar-refractivity contribution in [3.8, 4) is 16.6 Å². The fourth-order valence-electron chi connectivity index (χ4n) is 2.63. The molecule has 0 fully saturated rings. The van der Waals surface area contributed by atoms with E-state index in [4.69, 9.17) is 9.47 Å². The standard InChI is InChI=1S/C19H14N4O5S/c1-10-16(29-18(22-10)17-20-5-2-6-21-17)19(26)28-8-13(24)11-3-4-14-12(7-11)23-15(25)9-27-14/h2-7H,8-9H2,1H3,(H,23,25). The van der Waals surface area contributed by atoms with E-state index in [-0.39, 0.29) is 17.4 Å². The molecule has 1 aromatic carbocycles. The molecule has 0 radical (unpaired) electrons. The number of nitrogens with zero attached hydrogens (tertiary/aromatic N) is 3. The number of nitrogens with one attached hydrogen (secondary N) is 1. The highest BCUT2D eigenvalue weighted by Gasteiger charge is 2.21. The summed E-state index contributed by atoms with van der Waals surface area (Å²) < 4.78 is 10.4. The number of esters is 1. The number of aromatic nitrogens is 3. The smallest absolute Gasteiger partial charge is 0.350 e. The first-order valence-corrected chi connectivity index (χ1v) is 9.35. The summed E-state index contributed by atoms with van der Waals surface area (Å²) in [5.41, 5.74) is 1.18. The van der Waals surface area contributed by atoms with E-state index >= 15 is 0 Å². The Balaban J connectivity index is 1.44. The largest absolute Gasteiger partial charge is 0.482 e. The summed E-state index contributed by atoms with van der Waals surface area (Å²) in [4.78, 5) is 49.0. The van der Waals surface area contributed by atoms with E-state index in [9.17, 15) is 14.4 Å². The fraction of sp³-hybridized carbons (Fsp3) is 0.158. The number of Topliss-reactive ketones (excluding diaryl/α,β-unsaturated/α-hetero) is 1. The summed E-state index contributed by atoms with van der Waals surface area (Å²) >= 11 is 1.10. The van der Waals surface area contributed by atoms with Crippen molar-refractivity contribution in [2.45, 2.75) is 6.92 Å². The Kier molecular flexibility index (Phi) is 5.00. The summed E-state index contributed by atoms with van der Waals surface area (Å²) in [5.74, 6) is -0.463. The van der Waals surface area contributed by atoms with Crippen molar-refractivity contribution >= 4 is 34.7 Å². The van der Waals surface area contributed by atoms with Crippen molar-refractivity contribution < 1.29 is 23.9 Å². The van der Waals surface area contributed by atoms with Crippen LogP contribution in [0.4, 0.5) is 5.69 Å². The molecule has 0 unspecified atom stereocenters. The van der Waals surface area contributed by atoms with Gasteiger partial charge in [-0.2, -0.15) is 0 Å². The van der Waals surface area contributed by atoms with Crippen LogP contribution in [0.3, 0.4) is 0 Å². The van der Waals surface area contributed by atoms with Gasteiger partial charge in [0.1, 0.15) is 10.6 Å². The van der Waals surface area contributed by atoms with E-state index in [0.29, 0.717) is 33.5 Å². The average Bonchev–Trinajstić information content (AvgIpc) is 3.13. The maximum absolute atomic E-state index is 12.4. The number of thiazole rings is 1. The van der Waals surface area contributed by atoms with Crippen molar-refractivity contribution in [3.05, 3.63) is 52.8 Å². The van der Waals surface area contributed by atoms with Gasteiger partial charge in [-0.15, -0.1) is 11.3 Å². The molecule has 0 atom stereocenters. The molecule has 0 spiro atoms. The van der Waals surface area contributed by atoms with Gasteiger partial charge in [-0.25, -0.2) is 19.7 Å². The van der Waals surface area contributed by atoms with Crippen LogP contribution < -0.4 is 10.1 Å². The van der Waals surface area contributed by atoms with E-state index in [0.717, 1.165) is 11.3 Å². The van der Waals surface area contributed by atoms with Gasteiger partial charge in [0.05, 0.1) is 11.4 Å². The predicted octanol–water partition coefficient (Wildman–Crippen LogP) is 2.28. The van der Waals surface area contributed by atoms with Crippen molar-refractivity contribution in [3.63, 3.8) is 0 Å². The maximum atomic E-state index is 12.4. The highest BCUT2D eigenvalue weighted by Crippen LogP contribution is 2.29. The number of rotatable bonds is 5. The Morgan fingerprint density at radius 1 is 1.28 bits per heavy atom. The second-order valence-corrected chi connectivity index (χ2v) is 7.05. The Labute approximate surface area is 168 Å². The Morgan fingerprint density at radius 2 is 2.07 bits per heavy atom. The molecule has 1 amide bonds. The Bertz CT molecular complexity index is 1110. The minimum absolute atomic E-state index is 0.0673. The second kappa shape index (κ2) is 7.76. The molecule has 1 aliphatic heterocycles. The van der Waals surface area contributed by atoms with Crippen molar-refractivity contribution in [2.75, 3.05) is 18.5 Å². The van der Waals surface area contributed by atoms with Gasteiger partial charge in [-0.05, 0) is 31.2 Å². The maximum Gasteiger partial charge on any atom is 0.350 e. The molecule has 0 saturated heterocycles. The number of aryl methyl sites for hydroxylation is 1. The molecule has 1 aliphatic rings. The van der Waals surface area contributed by atoms with Gasteiger partial charge in [0.25, 0.3) is 5.91 Å². The summed E-state index contributed by atoms with van der Waals surface area (Å²) in [7, 11) is 0. The van der Waals surface area contributed by atoms with E-state index < -0.39 is 18.4 Å². The molecule has 0 saturated carbocycles. The molecule has 9 nitrogen and oxygen atoms in total. The average molecular weight is 410 g/mol. The van der Waals surface area contributed by atoms with Gasteiger partial charge < -0.3 is 14.8 Å². The number of anilines is 1. The second-order valence-electron chi connectivity index (χ2n) is 6.05. The first-order valence-electron chi connectivity index (χ1n) is 8.53. The lowest BCUT2D eigenvalue weighted by Gasteiger charge is -2.18. The zero-order valence-corrected chi connectivity index (χ0v) is 16.0. The zero-order valence-electron chi connectivity index (χ0n) is 15.2. The first kappa shape index (κ1) is 18.7. The third-order valence-corrected chi connectivity index (χ3v) is 5.14. The molecule has 0 bridgehead atoms. The van der Waals surface area contributed by atoms with Crippen molar-refractivity contribution in [1.29, 1.82) is 0 Å². The molecule has 1 N–H and O–H groups in total. The summed E-state index contributed by atoms with van der Waals surface area (Å²) in [6, 6.07) is 6.31. The molecule has 3 aromatic rings. The number of ketones is 1. The molecular weight excluding hydrogens is 396 g/mol. The van der Waals surface area contributed by atoms with E-state index in [2.05, 4.69) is 20.3 Å². The Hall–Kier alpha value is -3.66.